The van der Waals surface area contributed by atoms with Crippen LogP contribution in [0.15, 0.2) is 60.7 Å². The minimum absolute atomic E-state index is 0.0912. The van der Waals surface area contributed by atoms with E-state index in [1.165, 1.54) is 29.2 Å². The summed E-state index contributed by atoms with van der Waals surface area (Å²) in [5.41, 5.74) is 2.48. The van der Waals surface area contributed by atoms with Crippen LogP contribution >= 0.6 is 0 Å². The average Bonchev–Trinajstić information content (AvgIpc) is 2.77. The van der Waals surface area contributed by atoms with Crippen molar-refractivity contribution in [2.45, 2.75) is 25.8 Å². The van der Waals surface area contributed by atoms with Crippen LogP contribution in [0.1, 0.15) is 39.6 Å². The Morgan fingerprint density at radius 1 is 1.06 bits per heavy atom. The van der Waals surface area contributed by atoms with Gasteiger partial charge in [0.25, 0.3) is 11.8 Å². The van der Waals surface area contributed by atoms with E-state index < -0.39 is 5.82 Å². The largest absolute Gasteiger partial charge is 0.508 e. The number of hydrogen-bond acceptors (Lipinski definition) is 4. The van der Waals surface area contributed by atoms with Gasteiger partial charge >= 0.3 is 0 Å². The van der Waals surface area contributed by atoms with E-state index in [1.807, 2.05) is 6.92 Å². The van der Waals surface area contributed by atoms with Crippen molar-refractivity contribution in [2.24, 2.45) is 0 Å². The summed E-state index contributed by atoms with van der Waals surface area (Å²) in [4.78, 5) is 29.2. The summed E-state index contributed by atoms with van der Waals surface area (Å²) in [5, 5.41) is 19.7. The molecule has 1 aliphatic rings. The van der Waals surface area contributed by atoms with E-state index in [0.717, 1.165) is 11.6 Å². The van der Waals surface area contributed by atoms with Gasteiger partial charge in [-0.05, 0) is 73.9 Å². The van der Waals surface area contributed by atoms with Gasteiger partial charge in [0.2, 0.25) is 0 Å². The number of halogens is 1. The fraction of sp³-hybridized carbons (Fsp3) is 0.200. The van der Waals surface area contributed by atoms with Crippen LogP contribution in [-0.4, -0.2) is 35.1 Å². The van der Waals surface area contributed by atoms with Gasteiger partial charge in [-0.25, -0.2) is 4.39 Å². The molecule has 3 aromatic rings. The molecule has 0 saturated carbocycles. The lowest BCUT2D eigenvalue weighted by Crippen LogP contribution is -2.42. The fourth-order valence-electron chi connectivity index (χ4n) is 4.02. The molecule has 0 spiro atoms. The minimum Gasteiger partial charge on any atom is -0.508 e. The molecule has 32 heavy (non-hydrogen) atoms. The van der Waals surface area contributed by atoms with Crippen LogP contribution in [-0.2, 0) is 6.42 Å². The SMILES string of the molecule is CC1CCc2cc(C(=O)N(C)c3cccc(F)c3)ccc2N1C(=O)c1ccc(O)cc1O. The number of aromatic hydroxyl groups is 2. The van der Waals surface area contributed by atoms with Crippen molar-refractivity contribution in [1.29, 1.82) is 0 Å². The second-order valence-electron chi connectivity index (χ2n) is 7.95. The van der Waals surface area contributed by atoms with Crippen molar-refractivity contribution >= 4 is 23.2 Å². The van der Waals surface area contributed by atoms with E-state index >= 15 is 0 Å². The van der Waals surface area contributed by atoms with E-state index in [9.17, 15) is 24.2 Å². The lowest BCUT2D eigenvalue weighted by molar-refractivity contribution is 0.0971. The molecule has 164 valence electrons. The van der Waals surface area contributed by atoms with Crippen LogP contribution in [0, 0.1) is 5.82 Å². The first-order chi connectivity index (χ1) is 15.3. The van der Waals surface area contributed by atoms with Gasteiger partial charge in [0.1, 0.15) is 17.3 Å². The van der Waals surface area contributed by atoms with Gasteiger partial charge in [-0.2, -0.15) is 0 Å². The third-order valence-electron chi connectivity index (χ3n) is 5.79. The Hall–Kier alpha value is -3.87. The molecule has 2 amide bonds. The van der Waals surface area contributed by atoms with Gasteiger partial charge in [-0.15, -0.1) is 0 Å². The predicted molar refractivity (Wildman–Crippen MR) is 120 cm³/mol. The number of fused-ring (bicyclic) bond motifs is 1. The lowest BCUT2D eigenvalue weighted by Gasteiger charge is -2.36. The summed E-state index contributed by atoms with van der Waals surface area (Å²) in [7, 11) is 1.59. The number of phenolic OH excluding ortho intramolecular Hbond substituents is 2. The number of amides is 2. The number of hydrogen-bond donors (Lipinski definition) is 2. The van der Waals surface area contributed by atoms with Gasteiger partial charge in [0, 0.05) is 36.1 Å². The zero-order chi connectivity index (χ0) is 23.0. The summed E-state index contributed by atoms with van der Waals surface area (Å²) < 4.78 is 13.6. The van der Waals surface area contributed by atoms with Crippen LogP contribution in [0.3, 0.4) is 0 Å². The smallest absolute Gasteiger partial charge is 0.262 e. The quantitative estimate of drug-likeness (QED) is 0.636. The first-order valence-electron chi connectivity index (χ1n) is 10.3. The highest BCUT2D eigenvalue weighted by Crippen LogP contribution is 2.35. The van der Waals surface area contributed by atoms with Crippen LogP contribution in [0.2, 0.25) is 0 Å². The number of phenols is 2. The molecule has 2 N–H and O–H groups in total. The summed E-state index contributed by atoms with van der Waals surface area (Å²) >= 11 is 0. The molecule has 0 aromatic heterocycles. The second-order valence-corrected chi connectivity index (χ2v) is 7.95. The van der Waals surface area contributed by atoms with Gasteiger partial charge in [0.15, 0.2) is 0 Å². The maximum Gasteiger partial charge on any atom is 0.262 e. The highest BCUT2D eigenvalue weighted by Gasteiger charge is 2.31. The van der Waals surface area contributed by atoms with E-state index in [2.05, 4.69) is 0 Å². The predicted octanol–water partition coefficient (Wildman–Crippen LogP) is 4.50. The van der Waals surface area contributed by atoms with Crippen LogP contribution in [0.25, 0.3) is 0 Å². The third-order valence-corrected chi connectivity index (χ3v) is 5.79. The normalized spacial score (nSPS) is 15.2. The van der Waals surface area contributed by atoms with Gasteiger partial charge in [-0.3, -0.25) is 9.59 Å². The number of anilines is 2. The van der Waals surface area contributed by atoms with Crippen molar-refractivity contribution in [2.75, 3.05) is 16.8 Å². The van der Waals surface area contributed by atoms with Crippen LogP contribution in [0.4, 0.5) is 15.8 Å². The first-order valence-corrected chi connectivity index (χ1v) is 10.3. The Morgan fingerprint density at radius 2 is 1.84 bits per heavy atom. The van der Waals surface area contributed by atoms with E-state index in [4.69, 9.17) is 0 Å². The monoisotopic (exact) mass is 434 g/mol. The fourth-order valence-corrected chi connectivity index (χ4v) is 4.02. The Morgan fingerprint density at radius 3 is 2.56 bits per heavy atom. The van der Waals surface area contributed by atoms with Gasteiger partial charge < -0.3 is 20.0 Å². The molecule has 3 aromatic carbocycles. The standard InChI is InChI=1S/C25H23FN2O4/c1-15-6-7-16-12-17(24(31)27(2)19-5-3-4-18(26)13-19)8-11-22(16)28(15)25(32)21-10-9-20(29)14-23(21)30/h3-5,8-15,29-30H,6-7H2,1-2H3. The summed E-state index contributed by atoms with van der Waals surface area (Å²) in [5.74, 6) is -1.51. The molecule has 1 unspecified atom stereocenters. The zero-order valence-corrected chi connectivity index (χ0v) is 17.7. The molecular formula is C25H23FN2O4. The molecule has 1 aliphatic heterocycles. The topological polar surface area (TPSA) is 81.1 Å². The first kappa shape index (κ1) is 21.4. The highest BCUT2D eigenvalue weighted by atomic mass is 19.1. The molecule has 7 heteroatoms. The molecule has 4 rings (SSSR count). The second kappa shape index (κ2) is 8.34. The van der Waals surface area contributed by atoms with Crippen molar-refractivity contribution in [1.82, 2.24) is 0 Å². The molecule has 0 aliphatic carbocycles. The van der Waals surface area contributed by atoms with Gasteiger partial charge in [0.05, 0.1) is 5.56 Å². The number of aryl methyl sites for hydroxylation is 1. The van der Waals surface area contributed by atoms with Crippen molar-refractivity contribution in [3.63, 3.8) is 0 Å². The van der Waals surface area contributed by atoms with Crippen molar-refractivity contribution in [3.8, 4) is 11.5 Å². The number of benzene rings is 3. The average molecular weight is 434 g/mol. The maximum atomic E-state index is 13.6. The molecule has 0 radical (unpaired) electrons. The Balaban J connectivity index is 1.66. The number of carbonyl (C=O) groups excluding carboxylic acids is 2. The Kier molecular flexibility index (Phi) is 5.57. The molecule has 6 nitrogen and oxygen atoms in total. The van der Waals surface area contributed by atoms with E-state index in [0.29, 0.717) is 29.8 Å². The number of nitrogens with zero attached hydrogens (tertiary/aromatic N) is 2. The zero-order valence-electron chi connectivity index (χ0n) is 17.7. The Bertz CT molecular complexity index is 1210. The molecule has 1 atom stereocenters. The van der Waals surface area contributed by atoms with Gasteiger partial charge in [-0.1, -0.05) is 6.07 Å². The molecule has 1 heterocycles. The molecule has 0 fully saturated rings. The van der Waals surface area contributed by atoms with E-state index in [1.54, 1.807) is 42.3 Å². The van der Waals surface area contributed by atoms with Crippen LogP contribution < -0.4 is 9.80 Å². The molecular weight excluding hydrogens is 411 g/mol. The maximum absolute atomic E-state index is 13.6. The summed E-state index contributed by atoms with van der Waals surface area (Å²) in [6.07, 6.45) is 1.38. The lowest BCUT2D eigenvalue weighted by atomic mass is 9.93. The highest BCUT2D eigenvalue weighted by molar-refractivity contribution is 6.10. The van der Waals surface area contributed by atoms with Crippen LogP contribution in [0.5, 0.6) is 11.5 Å². The summed E-state index contributed by atoms with van der Waals surface area (Å²) in [6.45, 7) is 1.93. The number of rotatable bonds is 3. The van der Waals surface area contributed by atoms with Crippen molar-refractivity contribution < 1.29 is 24.2 Å². The van der Waals surface area contributed by atoms with E-state index in [-0.39, 0.29) is 34.9 Å². The summed E-state index contributed by atoms with van der Waals surface area (Å²) in [6, 6.07) is 14.7. The van der Waals surface area contributed by atoms with Crippen molar-refractivity contribution in [3.05, 3.63) is 83.2 Å². The third kappa shape index (κ3) is 3.89. The Labute approximate surface area is 185 Å². The number of carbonyl (C=O) groups is 2. The molecule has 0 saturated heterocycles. The molecule has 0 bridgehead atoms. The minimum atomic E-state index is -0.423.